The fraction of sp³-hybridized carbons (Fsp3) is 0.375. The third-order valence-corrected chi connectivity index (χ3v) is 4.91. The molecule has 0 aliphatic carbocycles. The highest BCUT2D eigenvalue weighted by atomic mass is 35.5. The van der Waals surface area contributed by atoms with Gasteiger partial charge in [0.1, 0.15) is 17.2 Å². The van der Waals surface area contributed by atoms with E-state index < -0.39 is 35.1 Å². The highest BCUT2D eigenvalue weighted by Crippen LogP contribution is 2.16. The summed E-state index contributed by atoms with van der Waals surface area (Å²) in [5, 5.41) is 5.83. The molecule has 4 N–H and O–H groups in total. The van der Waals surface area contributed by atoms with Gasteiger partial charge >= 0.3 is 6.09 Å². The second-order valence-corrected chi connectivity index (χ2v) is 9.32. The lowest BCUT2D eigenvalue weighted by Crippen LogP contribution is -2.61. The molecule has 0 heterocycles. The predicted octanol–water partition coefficient (Wildman–Crippen LogP) is 3.38. The molecule has 3 amide bonds. The van der Waals surface area contributed by atoms with Gasteiger partial charge in [0, 0.05) is 17.9 Å². The van der Waals surface area contributed by atoms with Crippen LogP contribution in [0, 0.1) is 0 Å². The summed E-state index contributed by atoms with van der Waals surface area (Å²) < 4.78 is 5.31. The van der Waals surface area contributed by atoms with Crippen molar-refractivity contribution in [3.8, 4) is 0 Å². The van der Waals surface area contributed by atoms with E-state index in [4.69, 9.17) is 22.1 Å². The first kappa shape index (κ1) is 25.2. The Kier molecular flexibility index (Phi) is 8.27. The molecular weight excluding hydrogens is 430 g/mol. The van der Waals surface area contributed by atoms with Crippen LogP contribution in [0.2, 0.25) is 5.02 Å². The highest BCUT2D eigenvalue weighted by molar-refractivity contribution is 6.30. The van der Waals surface area contributed by atoms with Gasteiger partial charge in [0.25, 0.3) is 0 Å². The molecule has 0 aliphatic rings. The van der Waals surface area contributed by atoms with Crippen molar-refractivity contribution in [1.82, 2.24) is 10.6 Å². The number of hydrogen-bond donors (Lipinski definition) is 3. The first-order valence-corrected chi connectivity index (χ1v) is 10.7. The second-order valence-electron chi connectivity index (χ2n) is 8.88. The Balaban J connectivity index is 2.25. The van der Waals surface area contributed by atoms with Gasteiger partial charge in [0.15, 0.2) is 0 Å². The Morgan fingerprint density at radius 3 is 2.19 bits per heavy atom. The van der Waals surface area contributed by atoms with E-state index >= 15 is 0 Å². The third kappa shape index (κ3) is 7.89. The molecule has 0 fully saturated rings. The van der Waals surface area contributed by atoms with Crippen molar-refractivity contribution in [2.75, 3.05) is 0 Å². The van der Waals surface area contributed by atoms with Gasteiger partial charge in [0.2, 0.25) is 11.8 Å². The molecule has 0 bridgehead atoms. The van der Waals surface area contributed by atoms with E-state index in [2.05, 4.69) is 10.6 Å². The summed E-state index contributed by atoms with van der Waals surface area (Å²) in [5.74, 6) is -1.25. The summed E-state index contributed by atoms with van der Waals surface area (Å²) in [5.41, 5.74) is 5.11. The van der Waals surface area contributed by atoms with Gasteiger partial charge in [-0.05, 0) is 51.0 Å². The maximum absolute atomic E-state index is 13.2. The van der Waals surface area contributed by atoms with Gasteiger partial charge in [0.05, 0.1) is 0 Å². The van der Waals surface area contributed by atoms with E-state index in [9.17, 15) is 14.4 Å². The summed E-state index contributed by atoms with van der Waals surface area (Å²) in [6.45, 7) is 6.73. The minimum Gasteiger partial charge on any atom is -0.444 e. The smallest absolute Gasteiger partial charge is 0.408 e. The maximum Gasteiger partial charge on any atom is 0.408 e. The summed E-state index contributed by atoms with van der Waals surface area (Å²) in [6.07, 6.45) is -0.402. The van der Waals surface area contributed by atoms with Crippen LogP contribution in [0.5, 0.6) is 0 Å². The number of hydrogen-bond acceptors (Lipinski definition) is 4. The Hall–Kier alpha value is -3.06. The van der Waals surface area contributed by atoms with Crippen molar-refractivity contribution in [3.05, 3.63) is 70.7 Å². The number of halogens is 1. The number of benzene rings is 2. The lowest BCUT2D eigenvalue weighted by atomic mass is 9.91. The maximum atomic E-state index is 13.2. The van der Waals surface area contributed by atoms with E-state index in [1.807, 2.05) is 30.3 Å². The summed E-state index contributed by atoms with van der Waals surface area (Å²) in [6, 6.07) is 15.2. The van der Waals surface area contributed by atoms with Crippen LogP contribution in [0.15, 0.2) is 54.6 Å². The SMILES string of the molecule is CC(C)(C)OC(=O)NC(Cc1cccc(Cl)c1)C(=O)N[C@](C)(Cc1ccccc1)C(N)=O. The number of carbonyl (C=O) groups is 3. The number of primary amides is 1. The normalized spacial score (nSPS) is 14.0. The molecule has 0 radical (unpaired) electrons. The van der Waals surface area contributed by atoms with Crippen molar-refractivity contribution in [1.29, 1.82) is 0 Å². The van der Waals surface area contributed by atoms with Gasteiger partial charge < -0.3 is 21.1 Å². The molecule has 2 aromatic rings. The van der Waals surface area contributed by atoms with Crippen LogP contribution in [-0.2, 0) is 27.2 Å². The van der Waals surface area contributed by atoms with Gasteiger partial charge in [-0.15, -0.1) is 0 Å². The molecule has 0 spiro atoms. The van der Waals surface area contributed by atoms with Crippen molar-refractivity contribution < 1.29 is 19.1 Å². The Bertz CT molecular complexity index is 959. The topological polar surface area (TPSA) is 111 Å². The Labute approximate surface area is 193 Å². The fourth-order valence-electron chi connectivity index (χ4n) is 3.11. The zero-order chi connectivity index (χ0) is 23.9. The third-order valence-electron chi connectivity index (χ3n) is 4.68. The minimum absolute atomic E-state index is 0.145. The van der Waals surface area contributed by atoms with Crippen LogP contribution in [0.4, 0.5) is 4.79 Å². The monoisotopic (exact) mass is 459 g/mol. The van der Waals surface area contributed by atoms with Crippen molar-refractivity contribution in [2.24, 2.45) is 5.73 Å². The molecule has 1 unspecified atom stereocenters. The lowest BCUT2D eigenvalue weighted by Gasteiger charge is -2.30. The fourth-order valence-corrected chi connectivity index (χ4v) is 3.33. The zero-order valence-electron chi connectivity index (χ0n) is 18.8. The average molecular weight is 460 g/mol. The Morgan fingerprint density at radius 1 is 1.00 bits per heavy atom. The number of ether oxygens (including phenoxy) is 1. The molecule has 32 heavy (non-hydrogen) atoms. The van der Waals surface area contributed by atoms with E-state index in [0.717, 1.165) is 11.1 Å². The van der Waals surface area contributed by atoms with E-state index in [-0.39, 0.29) is 12.8 Å². The van der Waals surface area contributed by atoms with E-state index in [0.29, 0.717) is 5.02 Å². The number of nitrogens with two attached hydrogens (primary N) is 1. The zero-order valence-corrected chi connectivity index (χ0v) is 19.5. The number of carbonyl (C=O) groups excluding carboxylic acids is 3. The first-order chi connectivity index (χ1) is 14.9. The summed E-state index contributed by atoms with van der Waals surface area (Å²) >= 11 is 6.07. The lowest BCUT2D eigenvalue weighted by molar-refractivity contribution is -0.132. The van der Waals surface area contributed by atoms with Gasteiger partial charge in [-0.25, -0.2) is 4.79 Å². The Morgan fingerprint density at radius 2 is 1.62 bits per heavy atom. The number of nitrogens with one attached hydrogen (secondary N) is 2. The van der Waals surface area contributed by atoms with Crippen LogP contribution in [0.25, 0.3) is 0 Å². The van der Waals surface area contributed by atoms with E-state index in [1.165, 1.54) is 0 Å². The molecular formula is C24H30ClN3O4. The average Bonchev–Trinajstić information content (AvgIpc) is 2.66. The van der Waals surface area contributed by atoms with Gasteiger partial charge in [-0.3, -0.25) is 9.59 Å². The molecule has 0 saturated carbocycles. The standard InChI is InChI=1S/C24H30ClN3O4/c1-23(2,3)32-22(31)27-19(14-17-11-8-12-18(25)13-17)20(29)28-24(4,21(26)30)15-16-9-6-5-7-10-16/h5-13,19H,14-15H2,1-4H3,(H2,26,30)(H,27,31)(H,28,29)/t19?,24-/m1/s1. The second kappa shape index (κ2) is 10.5. The van der Waals surface area contributed by atoms with Gasteiger partial charge in [-0.1, -0.05) is 54.1 Å². The predicted molar refractivity (Wildman–Crippen MR) is 124 cm³/mol. The summed E-state index contributed by atoms with van der Waals surface area (Å²) in [7, 11) is 0. The van der Waals surface area contributed by atoms with Crippen LogP contribution in [0.1, 0.15) is 38.8 Å². The molecule has 7 nitrogen and oxygen atoms in total. The quantitative estimate of drug-likeness (QED) is 0.561. The van der Waals surface area contributed by atoms with Crippen LogP contribution >= 0.6 is 11.6 Å². The molecule has 172 valence electrons. The van der Waals surface area contributed by atoms with Crippen LogP contribution in [-0.4, -0.2) is 35.1 Å². The molecule has 2 aromatic carbocycles. The van der Waals surface area contributed by atoms with Crippen molar-refractivity contribution in [3.63, 3.8) is 0 Å². The number of alkyl carbamates (subject to hydrolysis) is 1. The summed E-state index contributed by atoms with van der Waals surface area (Å²) in [4.78, 5) is 37.9. The molecule has 8 heteroatoms. The molecule has 0 saturated heterocycles. The van der Waals surface area contributed by atoms with E-state index in [1.54, 1.807) is 52.0 Å². The molecule has 2 atom stereocenters. The largest absolute Gasteiger partial charge is 0.444 e. The molecule has 0 aromatic heterocycles. The molecule has 2 rings (SSSR count). The first-order valence-electron chi connectivity index (χ1n) is 10.3. The van der Waals surface area contributed by atoms with Crippen LogP contribution < -0.4 is 16.4 Å². The number of rotatable bonds is 8. The van der Waals surface area contributed by atoms with Crippen molar-refractivity contribution >= 4 is 29.5 Å². The van der Waals surface area contributed by atoms with Crippen molar-refractivity contribution in [2.45, 2.75) is 57.7 Å². The van der Waals surface area contributed by atoms with Gasteiger partial charge in [-0.2, -0.15) is 0 Å². The highest BCUT2D eigenvalue weighted by Gasteiger charge is 2.36. The van der Waals surface area contributed by atoms with Crippen LogP contribution in [0.3, 0.4) is 0 Å². The number of amides is 3. The minimum atomic E-state index is -1.36. The molecule has 0 aliphatic heterocycles.